The smallest absolute Gasteiger partial charge is 0.234 e. The molecular formula is C21H32FN3O2. The summed E-state index contributed by atoms with van der Waals surface area (Å²) in [6.07, 6.45) is 3.58. The van der Waals surface area contributed by atoms with Crippen molar-refractivity contribution in [1.29, 1.82) is 0 Å². The molecule has 5 nitrogen and oxygen atoms in total. The first-order chi connectivity index (χ1) is 13.1. The highest BCUT2D eigenvalue weighted by Crippen LogP contribution is 2.21. The molecule has 2 fully saturated rings. The van der Waals surface area contributed by atoms with Gasteiger partial charge in [0.25, 0.3) is 0 Å². The topological polar surface area (TPSA) is 44.8 Å². The van der Waals surface area contributed by atoms with Crippen LogP contribution in [-0.2, 0) is 16.1 Å². The molecule has 1 aromatic rings. The van der Waals surface area contributed by atoms with Gasteiger partial charge in [0.05, 0.1) is 19.8 Å². The fourth-order valence-corrected chi connectivity index (χ4v) is 3.83. The molecule has 0 saturated carbocycles. The summed E-state index contributed by atoms with van der Waals surface area (Å²) in [6, 6.07) is 5.10. The number of nitrogens with zero attached hydrogens (tertiary/aromatic N) is 2. The molecule has 1 N–H and O–H groups in total. The van der Waals surface area contributed by atoms with Crippen molar-refractivity contribution in [3.05, 3.63) is 35.1 Å². The predicted octanol–water partition coefficient (Wildman–Crippen LogP) is 2.18. The van der Waals surface area contributed by atoms with Crippen LogP contribution in [0, 0.1) is 18.7 Å². The lowest BCUT2D eigenvalue weighted by Crippen LogP contribution is -2.42. The Morgan fingerprint density at radius 1 is 1.19 bits per heavy atom. The molecule has 3 rings (SSSR count). The number of aryl methyl sites for hydroxylation is 1. The molecule has 1 aromatic carbocycles. The van der Waals surface area contributed by atoms with Crippen molar-refractivity contribution in [2.45, 2.75) is 32.7 Å². The van der Waals surface area contributed by atoms with Gasteiger partial charge in [-0.3, -0.25) is 14.6 Å². The molecular weight excluding hydrogens is 345 g/mol. The Kier molecular flexibility index (Phi) is 7.61. The summed E-state index contributed by atoms with van der Waals surface area (Å²) in [4.78, 5) is 16.9. The Hall–Kier alpha value is -1.50. The monoisotopic (exact) mass is 377 g/mol. The van der Waals surface area contributed by atoms with E-state index in [1.165, 1.54) is 31.9 Å². The van der Waals surface area contributed by atoms with Gasteiger partial charge in [-0.25, -0.2) is 4.39 Å². The second-order valence-electron chi connectivity index (χ2n) is 7.82. The van der Waals surface area contributed by atoms with Crippen LogP contribution in [0.5, 0.6) is 0 Å². The van der Waals surface area contributed by atoms with E-state index >= 15 is 0 Å². The van der Waals surface area contributed by atoms with Crippen LogP contribution >= 0.6 is 0 Å². The van der Waals surface area contributed by atoms with Crippen molar-refractivity contribution in [2.75, 3.05) is 52.5 Å². The molecule has 1 amide bonds. The molecule has 2 saturated heterocycles. The van der Waals surface area contributed by atoms with Crippen LogP contribution in [0.15, 0.2) is 18.2 Å². The zero-order chi connectivity index (χ0) is 19.1. The number of benzene rings is 1. The number of ether oxygens (including phenoxy) is 1. The van der Waals surface area contributed by atoms with Gasteiger partial charge in [-0.2, -0.15) is 0 Å². The van der Waals surface area contributed by atoms with Gasteiger partial charge in [-0.05, 0) is 68.9 Å². The highest BCUT2D eigenvalue weighted by molar-refractivity contribution is 5.78. The second-order valence-corrected chi connectivity index (χ2v) is 7.82. The summed E-state index contributed by atoms with van der Waals surface area (Å²) in [5, 5.41) is 2.91. The number of amides is 1. The first kappa shape index (κ1) is 20.2. The molecule has 0 spiro atoms. The van der Waals surface area contributed by atoms with Crippen LogP contribution in [0.2, 0.25) is 0 Å². The normalized spacial score (nSPS) is 19.9. The minimum atomic E-state index is -0.221. The maximum absolute atomic E-state index is 13.6. The lowest BCUT2D eigenvalue weighted by atomic mass is 9.93. The Morgan fingerprint density at radius 2 is 1.93 bits per heavy atom. The van der Waals surface area contributed by atoms with Gasteiger partial charge >= 0.3 is 0 Å². The van der Waals surface area contributed by atoms with Crippen LogP contribution < -0.4 is 5.32 Å². The van der Waals surface area contributed by atoms with E-state index in [9.17, 15) is 9.18 Å². The van der Waals surface area contributed by atoms with Gasteiger partial charge in [0.15, 0.2) is 0 Å². The van der Waals surface area contributed by atoms with Crippen LogP contribution in [0.1, 0.15) is 30.4 Å². The number of carbonyl (C=O) groups is 1. The molecule has 0 radical (unpaired) electrons. The summed E-state index contributed by atoms with van der Waals surface area (Å²) in [7, 11) is 0. The SMILES string of the molecule is Cc1ccc(CNC(=O)CN2CCC(CCN3CCOCC3)CC2)cc1F. The van der Waals surface area contributed by atoms with Crippen LogP contribution in [0.3, 0.4) is 0 Å². The molecule has 2 aliphatic heterocycles. The predicted molar refractivity (Wildman–Crippen MR) is 104 cm³/mol. The Balaban J connectivity index is 1.31. The number of hydrogen-bond donors (Lipinski definition) is 1. The van der Waals surface area contributed by atoms with E-state index in [-0.39, 0.29) is 11.7 Å². The third-order valence-corrected chi connectivity index (χ3v) is 5.76. The number of halogens is 1. The van der Waals surface area contributed by atoms with Crippen LogP contribution in [-0.4, -0.2) is 68.2 Å². The van der Waals surface area contributed by atoms with E-state index in [1.807, 2.05) is 6.07 Å². The Bertz CT molecular complexity index is 611. The first-order valence-corrected chi connectivity index (χ1v) is 10.1. The minimum Gasteiger partial charge on any atom is -0.379 e. The number of morpholine rings is 1. The fraction of sp³-hybridized carbons (Fsp3) is 0.667. The van der Waals surface area contributed by atoms with Gasteiger partial charge in [-0.15, -0.1) is 0 Å². The third-order valence-electron chi connectivity index (χ3n) is 5.76. The van der Waals surface area contributed by atoms with Crippen molar-refractivity contribution in [2.24, 2.45) is 5.92 Å². The average molecular weight is 378 g/mol. The largest absolute Gasteiger partial charge is 0.379 e. The number of rotatable bonds is 7. The van der Waals surface area contributed by atoms with Gasteiger partial charge in [-0.1, -0.05) is 12.1 Å². The number of hydrogen-bond acceptors (Lipinski definition) is 4. The minimum absolute atomic E-state index is 0.0164. The lowest BCUT2D eigenvalue weighted by molar-refractivity contribution is -0.122. The second kappa shape index (κ2) is 10.2. The van der Waals surface area contributed by atoms with E-state index in [0.29, 0.717) is 18.7 Å². The van der Waals surface area contributed by atoms with E-state index in [0.717, 1.165) is 50.9 Å². The van der Waals surface area contributed by atoms with Crippen molar-refractivity contribution >= 4 is 5.91 Å². The summed E-state index contributed by atoms with van der Waals surface area (Å²) >= 11 is 0. The van der Waals surface area contributed by atoms with Crippen molar-refractivity contribution in [3.8, 4) is 0 Å². The summed E-state index contributed by atoms with van der Waals surface area (Å²) in [5.41, 5.74) is 1.43. The first-order valence-electron chi connectivity index (χ1n) is 10.1. The molecule has 0 unspecified atom stereocenters. The molecule has 0 atom stereocenters. The molecule has 0 aromatic heterocycles. The Labute approximate surface area is 161 Å². The standard InChI is InChI=1S/C21H32FN3O2/c1-17-2-3-19(14-20(17)22)15-23-21(26)16-25-8-5-18(6-9-25)4-7-24-10-12-27-13-11-24/h2-3,14,18H,4-13,15-16H2,1H3,(H,23,26). The van der Waals surface area contributed by atoms with Crippen LogP contribution in [0.4, 0.5) is 4.39 Å². The van der Waals surface area contributed by atoms with Crippen LogP contribution in [0.25, 0.3) is 0 Å². The Morgan fingerprint density at radius 3 is 2.63 bits per heavy atom. The summed E-state index contributed by atoms with van der Waals surface area (Å²) < 4.78 is 19.0. The molecule has 2 aliphatic rings. The van der Waals surface area contributed by atoms with Crippen molar-refractivity contribution in [1.82, 2.24) is 15.1 Å². The van der Waals surface area contributed by atoms with Gasteiger partial charge in [0.1, 0.15) is 5.82 Å². The maximum Gasteiger partial charge on any atom is 0.234 e. The molecule has 2 heterocycles. The number of piperidine rings is 1. The van der Waals surface area contributed by atoms with Crippen molar-refractivity contribution < 1.29 is 13.9 Å². The number of likely N-dealkylation sites (tertiary alicyclic amines) is 1. The molecule has 0 bridgehead atoms. The highest BCUT2D eigenvalue weighted by Gasteiger charge is 2.21. The lowest BCUT2D eigenvalue weighted by Gasteiger charge is -2.33. The maximum atomic E-state index is 13.6. The van der Waals surface area contributed by atoms with E-state index < -0.39 is 0 Å². The molecule has 6 heteroatoms. The number of nitrogens with one attached hydrogen (secondary N) is 1. The summed E-state index contributed by atoms with van der Waals surface area (Å²) in [6.45, 7) is 9.54. The quantitative estimate of drug-likeness (QED) is 0.791. The zero-order valence-electron chi connectivity index (χ0n) is 16.4. The van der Waals surface area contributed by atoms with E-state index in [1.54, 1.807) is 13.0 Å². The average Bonchev–Trinajstić information content (AvgIpc) is 2.69. The molecule has 27 heavy (non-hydrogen) atoms. The van der Waals surface area contributed by atoms with Gasteiger partial charge in [0, 0.05) is 19.6 Å². The van der Waals surface area contributed by atoms with Gasteiger partial charge < -0.3 is 10.1 Å². The highest BCUT2D eigenvalue weighted by atomic mass is 19.1. The summed E-state index contributed by atoms with van der Waals surface area (Å²) in [5.74, 6) is 0.561. The zero-order valence-corrected chi connectivity index (χ0v) is 16.4. The van der Waals surface area contributed by atoms with E-state index in [4.69, 9.17) is 4.74 Å². The third kappa shape index (κ3) is 6.55. The fourth-order valence-electron chi connectivity index (χ4n) is 3.83. The molecule has 0 aliphatic carbocycles. The van der Waals surface area contributed by atoms with E-state index in [2.05, 4.69) is 15.1 Å². The van der Waals surface area contributed by atoms with Crippen molar-refractivity contribution in [3.63, 3.8) is 0 Å². The van der Waals surface area contributed by atoms with Gasteiger partial charge in [0.2, 0.25) is 5.91 Å². The molecule has 150 valence electrons. The number of carbonyl (C=O) groups excluding carboxylic acids is 1.